The average molecular weight is 319 g/mol. The highest BCUT2D eigenvalue weighted by Crippen LogP contribution is 2.31. The van der Waals surface area contributed by atoms with Gasteiger partial charge in [-0.3, -0.25) is 9.59 Å². The fourth-order valence-corrected chi connectivity index (χ4v) is 3.07. The minimum absolute atomic E-state index is 0.0329. The lowest BCUT2D eigenvalue weighted by Crippen LogP contribution is -2.38. The van der Waals surface area contributed by atoms with Crippen molar-refractivity contribution in [1.29, 1.82) is 0 Å². The second kappa shape index (κ2) is 6.89. The van der Waals surface area contributed by atoms with Crippen molar-refractivity contribution in [3.8, 4) is 11.5 Å². The predicted molar refractivity (Wildman–Crippen MR) is 82.9 cm³/mol. The molecule has 0 aliphatic carbocycles. The normalized spacial score (nSPS) is 18.3. The average Bonchev–Trinajstić information content (AvgIpc) is 2.79. The first-order valence-electron chi connectivity index (χ1n) is 8.04. The number of ether oxygens (including phenoxy) is 2. The molecule has 1 aromatic rings. The molecule has 0 bridgehead atoms. The third-order valence-corrected chi connectivity index (χ3v) is 4.36. The Morgan fingerprint density at radius 2 is 1.83 bits per heavy atom. The van der Waals surface area contributed by atoms with E-state index in [0.717, 1.165) is 19.3 Å². The Labute approximate surface area is 135 Å². The highest BCUT2D eigenvalue weighted by atomic mass is 16.5. The van der Waals surface area contributed by atoms with E-state index in [0.29, 0.717) is 43.4 Å². The molecule has 1 saturated heterocycles. The zero-order chi connectivity index (χ0) is 16.2. The van der Waals surface area contributed by atoms with E-state index in [1.54, 1.807) is 23.1 Å². The number of carbonyl (C=O) groups excluding carboxylic acids is 1. The van der Waals surface area contributed by atoms with E-state index in [9.17, 15) is 9.59 Å². The summed E-state index contributed by atoms with van der Waals surface area (Å²) in [6, 6.07) is 5.29. The first-order chi connectivity index (χ1) is 11.1. The molecule has 0 atom stereocenters. The standard InChI is InChI=1S/C17H21NO5/c19-16(20)10-12-4-6-18(7-5-12)17(21)13-2-3-14-15(11-13)23-9-1-8-22-14/h2-3,11-12H,1,4-10H2,(H,19,20). The van der Waals surface area contributed by atoms with Crippen LogP contribution in [-0.4, -0.2) is 48.2 Å². The Balaban J connectivity index is 1.65. The first kappa shape index (κ1) is 15.6. The van der Waals surface area contributed by atoms with Crippen LogP contribution < -0.4 is 9.47 Å². The van der Waals surface area contributed by atoms with Crippen LogP contribution in [0.4, 0.5) is 0 Å². The second-order valence-electron chi connectivity index (χ2n) is 6.05. The van der Waals surface area contributed by atoms with Gasteiger partial charge in [0.15, 0.2) is 11.5 Å². The maximum Gasteiger partial charge on any atom is 0.303 e. The van der Waals surface area contributed by atoms with Crippen LogP contribution in [0.5, 0.6) is 11.5 Å². The van der Waals surface area contributed by atoms with E-state index in [2.05, 4.69) is 0 Å². The summed E-state index contributed by atoms with van der Waals surface area (Å²) in [5.41, 5.74) is 0.589. The maximum atomic E-state index is 12.6. The molecule has 2 aliphatic heterocycles. The molecular weight excluding hydrogens is 298 g/mol. The van der Waals surface area contributed by atoms with Crippen molar-refractivity contribution in [2.45, 2.75) is 25.7 Å². The number of hydrogen-bond acceptors (Lipinski definition) is 4. The summed E-state index contributed by atoms with van der Waals surface area (Å²) in [5, 5.41) is 8.85. The van der Waals surface area contributed by atoms with Crippen molar-refractivity contribution >= 4 is 11.9 Å². The van der Waals surface area contributed by atoms with E-state index in [1.807, 2.05) is 0 Å². The Morgan fingerprint density at radius 3 is 2.52 bits per heavy atom. The molecule has 1 amide bonds. The highest BCUT2D eigenvalue weighted by molar-refractivity contribution is 5.95. The second-order valence-corrected chi connectivity index (χ2v) is 6.05. The van der Waals surface area contributed by atoms with Crippen LogP contribution in [0.3, 0.4) is 0 Å². The van der Waals surface area contributed by atoms with Gasteiger partial charge in [0.25, 0.3) is 5.91 Å². The van der Waals surface area contributed by atoms with Crippen molar-refractivity contribution in [3.05, 3.63) is 23.8 Å². The number of piperidine rings is 1. The number of hydrogen-bond donors (Lipinski definition) is 1. The fraction of sp³-hybridized carbons (Fsp3) is 0.529. The van der Waals surface area contributed by atoms with Crippen molar-refractivity contribution in [2.75, 3.05) is 26.3 Å². The van der Waals surface area contributed by atoms with Gasteiger partial charge in [0.2, 0.25) is 0 Å². The molecule has 6 nitrogen and oxygen atoms in total. The monoisotopic (exact) mass is 319 g/mol. The Morgan fingerprint density at radius 1 is 1.13 bits per heavy atom. The van der Waals surface area contributed by atoms with E-state index in [1.165, 1.54) is 0 Å². The van der Waals surface area contributed by atoms with Gasteiger partial charge in [0.1, 0.15) is 0 Å². The third kappa shape index (κ3) is 3.75. The van der Waals surface area contributed by atoms with Gasteiger partial charge >= 0.3 is 5.97 Å². The minimum atomic E-state index is -0.766. The summed E-state index contributed by atoms with van der Waals surface area (Å²) in [7, 11) is 0. The Kier molecular flexibility index (Phi) is 4.69. The van der Waals surface area contributed by atoms with Crippen LogP contribution in [0.2, 0.25) is 0 Å². The van der Waals surface area contributed by atoms with Crippen LogP contribution in [-0.2, 0) is 4.79 Å². The van der Waals surface area contributed by atoms with E-state index >= 15 is 0 Å². The van der Waals surface area contributed by atoms with Gasteiger partial charge in [-0.1, -0.05) is 0 Å². The molecule has 1 N–H and O–H groups in total. The van der Waals surface area contributed by atoms with Crippen LogP contribution in [0.1, 0.15) is 36.0 Å². The number of amides is 1. The lowest BCUT2D eigenvalue weighted by Gasteiger charge is -2.31. The summed E-state index contributed by atoms with van der Waals surface area (Å²) in [4.78, 5) is 25.2. The molecule has 0 saturated carbocycles. The van der Waals surface area contributed by atoms with Crippen molar-refractivity contribution in [1.82, 2.24) is 4.90 Å². The molecule has 2 aliphatic rings. The number of carboxylic acids is 1. The molecular formula is C17H21NO5. The zero-order valence-corrected chi connectivity index (χ0v) is 13.0. The number of nitrogens with zero attached hydrogens (tertiary/aromatic N) is 1. The maximum absolute atomic E-state index is 12.6. The van der Waals surface area contributed by atoms with Crippen molar-refractivity contribution in [2.24, 2.45) is 5.92 Å². The highest BCUT2D eigenvalue weighted by Gasteiger charge is 2.25. The van der Waals surface area contributed by atoms with Gasteiger partial charge in [0, 0.05) is 31.5 Å². The summed E-state index contributed by atoms with van der Waals surface area (Å²) in [5.74, 6) is 0.667. The smallest absolute Gasteiger partial charge is 0.303 e. The number of carboxylic acid groups (broad SMARTS) is 1. The lowest BCUT2D eigenvalue weighted by atomic mass is 9.93. The summed E-state index contributed by atoms with van der Waals surface area (Å²) < 4.78 is 11.2. The first-order valence-corrected chi connectivity index (χ1v) is 8.04. The Bertz CT molecular complexity index is 593. The molecule has 0 spiro atoms. The molecule has 0 unspecified atom stereocenters. The van der Waals surface area contributed by atoms with Gasteiger partial charge in [-0.05, 0) is 37.0 Å². The largest absolute Gasteiger partial charge is 0.490 e. The summed E-state index contributed by atoms with van der Waals surface area (Å²) >= 11 is 0. The van der Waals surface area contributed by atoms with Crippen LogP contribution in [0.25, 0.3) is 0 Å². The van der Waals surface area contributed by atoms with Crippen LogP contribution >= 0.6 is 0 Å². The Hall–Kier alpha value is -2.24. The van der Waals surface area contributed by atoms with Gasteiger partial charge in [0.05, 0.1) is 13.2 Å². The van der Waals surface area contributed by atoms with Crippen LogP contribution in [0.15, 0.2) is 18.2 Å². The molecule has 1 aromatic carbocycles. The number of rotatable bonds is 3. The molecule has 0 aromatic heterocycles. The molecule has 6 heteroatoms. The van der Waals surface area contributed by atoms with Crippen molar-refractivity contribution in [3.63, 3.8) is 0 Å². The number of carbonyl (C=O) groups is 2. The van der Waals surface area contributed by atoms with Crippen LogP contribution in [0, 0.1) is 5.92 Å². The van der Waals surface area contributed by atoms with Crippen molar-refractivity contribution < 1.29 is 24.2 Å². The predicted octanol–water partition coefficient (Wildman–Crippen LogP) is 2.17. The number of fused-ring (bicyclic) bond motifs is 1. The molecule has 3 rings (SSSR count). The summed E-state index contributed by atoms with van der Waals surface area (Å²) in [6.07, 6.45) is 2.49. The van der Waals surface area contributed by atoms with E-state index in [4.69, 9.17) is 14.6 Å². The van der Waals surface area contributed by atoms with Gasteiger partial charge in [-0.15, -0.1) is 0 Å². The minimum Gasteiger partial charge on any atom is -0.490 e. The number of aliphatic carboxylic acids is 1. The zero-order valence-electron chi connectivity index (χ0n) is 13.0. The quantitative estimate of drug-likeness (QED) is 0.924. The molecule has 0 radical (unpaired) electrons. The molecule has 23 heavy (non-hydrogen) atoms. The van der Waals surface area contributed by atoms with Gasteiger partial charge < -0.3 is 19.5 Å². The lowest BCUT2D eigenvalue weighted by molar-refractivity contribution is -0.138. The SMILES string of the molecule is O=C(O)CC1CCN(C(=O)c2ccc3c(c2)OCCCO3)CC1. The number of benzene rings is 1. The third-order valence-electron chi connectivity index (χ3n) is 4.36. The topological polar surface area (TPSA) is 76.1 Å². The van der Waals surface area contributed by atoms with Gasteiger partial charge in [-0.2, -0.15) is 0 Å². The molecule has 124 valence electrons. The van der Waals surface area contributed by atoms with E-state index < -0.39 is 5.97 Å². The summed E-state index contributed by atoms with van der Waals surface area (Å²) in [6.45, 7) is 2.42. The number of likely N-dealkylation sites (tertiary alicyclic amines) is 1. The molecule has 2 heterocycles. The van der Waals surface area contributed by atoms with Gasteiger partial charge in [-0.25, -0.2) is 0 Å². The van der Waals surface area contributed by atoms with E-state index in [-0.39, 0.29) is 18.2 Å². The fourth-order valence-electron chi connectivity index (χ4n) is 3.07. The molecule has 1 fully saturated rings.